The Morgan fingerprint density at radius 3 is 1.50 bits per heavy atom. The summed E-state index contributed by atoms with van der Waals surface area (Å²) in [6.45, 7) is 0. The van der Waals surface area contributed by atoms with Gasteiger partial charge in [-0.2, -0.15) is 0 Å². The number of likely N-dealkylation sites (N-methyl/N-ethyl adjacent to an activating group) is 2. The number of nitrogens with zero attached hydrogens (tertiary/aromatic N) is 4. The second-order valence-electron chi connectivity index (χ2n) is 3.42. The van der Waals surface area contributed by atoms with Gasteiger partial charge < -0.3 is 0 Å². The Morgan fingerprint density at radius 2 is 1.19 bits per heavy atom. The van der Waals surface area contributed by atoms with Crippen LogP contribution in [0.4, 0.5) is 9.59 Å². The van der Waals surface area contributed by atoms with Crippen molar-refractivity contribution in [3.05, 3.63) is 0 Å². The molecule has 0 aromatic rings. The third-order valence-electron chi connectivity index (χ3n) is 2.72. The molecular weight excluding hydrogens is 480 g/mol. The molecule has 2 atom stereocenters. The molecule has 4 amide bonds. The van der Waals surface area contributed by atoms with Gasteiger partial charge in [-0.15, -0.1) is 0 Å². The van der Waals surface area contributed by atoms with Crippen molar-refractivity contribution in [1.82, 2.24) is 17.7 Å². The normalized spacial score (nSPS) is 38.9. The maximum absolute atomic E-state index is 11.9. The van der Waals surface area contributed by atoms with Gasteiger partial charge in [-0.3, -0.25) is 9.80 Å². The molecule has 6 nitrogen and oxygen atoms in total. The fourth-order valence-electron chi connectivity index (χ4n) is 1.75. The number of carbonyl (C=O) groups is 2. The summed E-state index contributed by atoms with van der Waals surface area (Å²) < 4.78 is 0.439. The maximum atomic E-state index is 11.9. The number of halogens is 4. The minimum Gasteiger partial charge on any atom is -0.290 e. The first-order chi connectivity index (χ1) is 7.20. The highest BCUT2D eigenvalue weighted by atomic mass is 79.9. The molecule has 2 heterocycles. The topological polar surface area (TPSA) is 47.1 Å². The molecule has 16 heavy (non-hydrogen) atoms. The summed E-state index contributed by atoms with van der Waals surface area (Å²) in [5.41, 5.74) is 0. The van der Waals surface area contributed by atoms with Crippen molar-refractivity contribution in [3.8, 4) is 0 Å². The lowest BCUT2D eigenvalue weighted by Crippen LogP contribution is -2.56. The molecule has 0 aliphatic carbocycles. The highest BCUT2D eigenvalue weighted by Gasteiger charge is 2.76. The van der Waals surface area contributed by atoms with E-state index in [1.54, 1.807) is 14.1 Å². The first-order valence-corrected chi connectivity index (χ1v) is 7.06. The number of rotatable bonds is 0. The van der Waals surface area contributed by atoms with Gasteiger partial charge in [-0.1, -0.05) is 0 Å². The lowest BCUT2D eigenvalue weighted by Gasteiger charge is -2.36. The van der Waals surface area contributed by atoms with Gasteiger partial charge in [0.15, 0.2) is 0 Å². The highest BCUT2D eigenvalue weighted by molar-refractivity contribution is 9.14. The van der Waals surface area contributed by atoms with Crippen molar-refractivity contribution in [1.29, 1.82) is 0 Å². The molecular formula is C6H6Br4N4O2. The van der Waals surface area contributed by atoms with Crippen LogP contribution in [0.5, 0.6) is 0 Å². The van der Waals surface area contributed by atoms with Crippen LogP contribution in [0.3, 0.4) is 0 Å². The molecule has 2 fully saturated rings. The molecule has 2 aliphatic rings. The van der Waals surface area contributed by atoms with Gasteiger partial charge in [-0.05, 0) is 31.9 Å². The van der Waals surface area contributed by atoms with Crippen LogP contribution in [0.2, 0.25) is 0 Å². The summed E-state index contributed by atoms with van der Waals surface area (Å²) in [5, 5.41) is 0. The molecule has 0 spiro atoms. The lowest BCUT2D eigenvalue weighted by molar-refractivity contribution is 0.176. The van der Waals surface area contributed by atoms with Gasteiger partial charge in [0.2, 0.25) is 9.14 Å². The minimum absolute atomic E-state index is 0.227. The average Bonchev–Trinajstić information content (AvgIpc) is 2.48. The average molecular weight is 486 g/mol. The van der Waals surface area contributed by atoms with Crippen LogP contribution < -0.4 is 0 Å². The van der Waals surface area contributed by atoms with Gasteiger partial charge in [0.25, 0.3) is 0 Å². The zero-order valence-electron chi connectivity index (χ0n) is 8.12. The minimum atomic E-state index is -1.04. The van der Waals surface area contributed by atoms with E-state index in [4.69, 9.17) is 0 Å². The molecule has 0 radical (unpaired) electrons. The summed E-state index contributed by atoms with van der Waals surface area (Å²) in [6.07, 6.45) is 0. The van der Waals surface area contributed by atoms with E-state index in [-0.39, 0.29) is 12.1 Å². The van der Waals surface area contributed by atoms with Crippen molar-refractivity contribution in [2.24, 2.45) is 0 Å². The number of hydrogen-bond acceptors (Lipinski definition) is 2. The number of carbonyl (C=O) groups excluding carboxylic acids is 2. The molecule has 90 valence electrons. The molecule has 2 unspecified atom stereocenters. The highest BCUT2D eigenvalue weighted by Crippen LogP contribution is 2.59. The predicted octanol–water partition coefficient (Wildman–Crippen LogP) is 2.44. The van der Waals surface area contributed by atoms with Crippen LogP contribution in [0, 0.1) is 0 Å². The molecule has 0 N–H and O–H groups in total. The molecule has 0 bridgehead atoms. The van der Waals surface area contributed by atoms with E-state index >= 15 is 0 Å². The summed E-state index contributed by atoms with van der Waals surface area (Å²) in [5.74, 6) is 0. The number of fused-ring (bicyclic) bond motifs is 1. The van der Waals surface area contributed by atoms with Crippen LogP contribution in [-0.4, -0.2) is 53.0 Å². The Kier molecular flexibility index (Phi) is 2.81. The molecule has 0 saturated carbocycles. The fraction of sp³-hybridized carbons (Fsp3) is 0.667. The third kappa shape index (κ3) is 1.07. The monoisotopic (exact) mass is 482 g/mol. The Morgan fingerprint density at radius 1 is 0.875 bits per heavy atom. The Hall–Kier alpha value is 0.460. The van der Waals surface area contributed by atoms with Crippen molar-refractivity contribution in [2.75, 3.05) is 14.1 Å². The van der Waals surface area contributed by atoms with E-state index in [0.29, 0.717) is 0 Å². The van der Waals surface area contributed by atoms with Crippen molar-refractivity contribution in [3.63, 3.8) is 0 Å². The smallest absolute Gasteiger partial charge is 0.290 e. The van der Waals surface area contributed by atoms with Gasteiger partial charge >= 0.3 is 12.1 Å². The zero-order valence-corrected chi connectivity index (χ0v) is 14.5. The molecule has 2 rings (SSSR count). The van der Waals surface area contributed by atoms with Gasteiger partial charge in [-0.25, -0.2) is 17.4 Å². The van der Waals surface area contributed by atoms with Gasteiger partial charge in [0, 0.05) is 14.1 Å². The lowest BCUT2D eigenvalue weighted by atomic mass is 10.4. The zero-order chi connectivity index (χ0) is 12.5. The van der Waals surface area contributed by atoms with Crippen LogP contribution in [-0.2, 0) is 0 Å². The summed E-state index contributed by atoms with van der Waals surface area (Å²) in [7, 11) is 3.20. The third-order valence-corrected chi connectivity index (χ3v) is 8.72. The van der Waals surface area contributed by atoms with Crippen molar-refractivity contribution in [2.45, 2.75) is 9.14 Å². The fourth-order valence-corrected chi connectivity index (χ4v) is 5.22. The maximum Gasteiger partial charge on any atom is 0.345 e. The number of alkyl halides is 2. The van der Waals surface area contributed by atoms with Crippen LogP contribution >= 0.6 is 64.2 Å². The van der Waals surface area contributed by atoms with E-state index in [9.17, 15) is 9.59 Å². The summed E-state index contributed by atoms with van der Waals surface area (Å²) in [6, 6.07) is -0.560. The quantitative estimate of drug-likeness (QED) is 0.301. The standard InChI is InChI=1S/C6H6Br4N4O2/c1-11-3(15)12(2)6(8)5(11,7)13(9)4(16)14(6)10/h1-2H3. The Balaban J connectivity index is 2.66. The van der Waals surface area contributed by atoms with Crippen molar-refractivity contribution >= 4 is 76.2 Å². The first kappa shape index (κ1) is 12.9. The van der Waals surface area contributed by atoms with E-state index in [2.05, 4.69) is 64.2 Å². The molecule has 2 saturated heterocycles. The number of amides is 4. The largest absolute Gasteiger partial charge is 0.345 e. The molecule has 0 aromatic heterocycles. The van der Waals surface area contributed by atoms with Crippen LogP contribution in [0.25, 0.3) is 0 Å². The number of hydrogen-bond donors (Lipinski definition) is 0. The molecule has 0 aromatic carbocycles. The Bertz CT molecular complexity index is 331. The summed E-state index contributed by atoms with van der Waals surface area (Å²) >= 11 is 13.2. The van der Waals surface area contributed by atoms with E-state index in [1.807, 2.05) is 0 Å². The summed E-state index contributed by atoms with van der Waals surface area (Å²) in [4.78, 5) is 26.6. The van der Waals surface area contributed by atoms with Crippen LogP contribution in [0.15, 0.2) is 0 Å². The first-order valence-electron chi connectivity index (χ1n) is 4.06. The SMILES string of the molecule is CN1C(=O)N(C)C2(Br)N(Br)C(=O)N(Br)C12Br. The van der Waals surface area contributed by atoms with E-state index < -0.39 is 9.14 Å². The predicted molar refractivity (Wildman–Crippen MR) is 71.2 cm³/mol. The van der Waals surface area contributed by atoms with E-state index in [1.165, 1.54) is 17.7 Å². The second-order valence-corrected chi connectivity index (χ2v) is 7.05. The van der Waals surface area contributed by atoms with E-state index in [0.717, 1.165) is 0 Å². The molecule has 2 aliphatic heterocycles. The Labute approximate surface area is 126 Å². The number of urea groups is 2. The molecule has 10 heteroatoms. The van der Waals surface area contributed by atoms with Crippen LogP contribution in [0.1, 0.15) is 0 Å². The second kappa shape index (κ2) is 3.48. The van der Waals surface area contributed by atoms with Gasteiger partial charge in [0.1, 0.15) is 0 Å². The van der Waals surface area contributed by atoms with Crippen molar-refractivity contribution < 1.29 is 9.59 Å². The van der Waals surface area contributed by atoms with Gasteiger partial charge in [0.05, 0.1) is 32.3 Å².